The van der Waals surface area contributed by atoms with Crippen LogP contribution < -0.4 is 0 Å². The van der Waals surface area contributed by atoms with Gasteiger partial charge in [0, 0.05) is 11.1 Å². The van der Waals surface area contributed by atoms with Crippen molar-refractivity contribution in [1.29, 1.82) is 0 Å². The van der Waals surface area contributed by atoms with Gasteiger partial charge in [-0.2, -0.15) is 0 Å². The van der Waals surface area contributed by atoms with Gasteiger partial charge < -0.3 is 4.48 Å². The molecule has 0 aliphatic heterocycles. The summed E-state index contributed by atoms with van der Waals surface area (Å²) >= 11 is 0. The van der Waals surface area contributed by atoms with Gasteiger partial charge in [0.05, 0.1) is 13.1 Å². The summed E-state index contributed by atoms with van der Waals surface area (Å²) in [6.45, 7) is 9.40. The second-order valence-electron chi connectivity index (χ2n) is 14.5. The topological polar surface area (TPSA) is 0 Å². The van der Waals surface area contributed by atoms with Crippen LogP contribution in [-0.4, -0.2) is 17.6 Å². The van der Waals surface area contributed by atoms with Gasteiger partial charge in [0.1, 0.15) is 13.1 Å². The average Bonchev–Trinajstić information content (AvgIpc) is 3.09. The van der Waals surface area contributed by atoms with Crippen molar-refractivity contribution >= 4 is 0 Å². The monoisotopic (exact) mass is 643 g/mol. The summed E-state index contributed by atoms with van der Waals surface area (Å²) in [6, 6.07) is 22.7. The normalized spacial score (nSPS) is 12.1. The van der Waals surface area contributed by atoms with E-state index >= 15 is 0 Å². The summed E-state index contributed by atoms with van der Waals surface area (Å²) in [5, 5.41) is 0. The van der Waals surface area contributed by atoms with Crippen LogP contribution in [-0.2, 0) is 13.1 Å². The summed E-state index contributed by atoms with van der Waals surface area (Å²) in [5.41, 5.74) is 3.01. The molecule has 0 fully saturated rings. The molecule has 0 bridgehead atoms. The molecule has 2 aromatic rings. The fourth-order valence-electron chi connectivity index (χ4n) is 7.24. The highest BCUT2D eigenvalue weighted by Gasteiger charge is 2.27. The molecule has 0 unspecified atom stereocenters. The Hall–Kier alpha value is -2.12. The van der Waals surface area contributed by atoms with Crippen LogP contribution in [0.1, 0.15) is 179 Å². The molecule has 0 heterocycles. The first kappa shape index (κ1) is 41.1. The van der Waals surface area contributed by atoms with Crippen molar-refractivity contribution in [2.45, 2.75) is 181 Å². The molecule has 1 nitrogen and oxygen atoms in total. The third-order valence-electron chi connectivity index (χ3n) is 10.0. The molecule has 264 valence electrons. The molecule has 0 aliphatic rings. The van der Waals surface area contributed by atoms with E-state index in [4.69, 9.17) is 0 Å². The standard InChI is InChI=1S/C46H76N/c1-3-5-7-9-11-13-15-17-19-21-23-25-27-35-41-47(43-45-37-31-29-32-38-45,44-46-39-33-30-34-40-46)42-36-28-26-24-22-20-18-16-14-12-10-8-6-4-2/h5-8,29-34,37-40H,3-4,9-28,35-36,41-44H2,1-2H3/q+1/b7-5+,8-6+. The number of hydrogen-bond acceptors (Lipinski definition) is 0. The minimum Gasteiger partial charge on any atom is -0.316 e. The van der Waals surface area contributed by atoms with Crippen LogP contribution in [0.15, 0.2) is 85.0 Å². The van der Waals surface area contributed by atoms with Crippen molar-refractivity contribution in [3.8, 4) is 0 Å². The van der Waals surface area contributed by atoms with Gasteiger partial charge in [0.25, 0.3) is 0 Å². The predicted octanol–water partition coefficient (Wildman–Crippen LogP) is 14.7. The van der Waals surface area contributed by atoms with Gasteiger partial charge in [-0.25, -0.2) is 0 Å². The highest BCUT2D eigenvalue weighted by atomic mass is 15.3. The quantitative estimate of drug-likeness (QED) is 0.0423. The third kappa shape index (κ3) is 23.0. The average molecular weight is 643 g/mol. The highest BCUT2D eigenvalue weighted by molar-refractivity contribution is 5.15. The van der Waals surface area contributed by atoms with Gasteiger partial charge in [0.2, 0.25) is 0 Å². The first-order chi connectivity index (χ1) is 23.3. The minimum absolute atomic E-state index is 1.16. The van der Waals surface area contributed by atoms with E-state index < -0.39 is 0 Å². The van der Waals surface area contributed by atoms with Crippen LogP contribution in [0.2, 0.25) is 0 Å². The van der Waals surface area contributed by atoms with E-state index in [1.807, 2.05) is 0 Å². The van der Waals surface area contributed by atoms with Crippen molar-refractivity contribution in [1.82, 2.24) is 0 Å². The molecule has 0 saturated carbocycles. The molecule has 1 heteroatoms. The smallest absolute Gasteiger partial charge is 0.105 e. The Morgan fingerprint density at radius 3 is 0.979 bits per heavy atom. The molecular formula is C46H76N+. The molecule has 0 spiro atoms. The number of allylic oxidation sites excluding steroid dienone is 4. The van der Waals surface area contributed by atoms with E-state index in [0.29, 0.717) is 0 Å². The predicted molar refractivity (Wildman–Crippen MR) is 211 cm³/mol. The zero-order valence-corrected chi connectivity index (χ0v) is 31.3. The SMILES string of the molecule is CC/C=C/CCCCCCCCCCCC[N+](CCCCCCCCCCCC/C=C/CC)(Cc1ccccc1)Cc1ccccc1. The second-order valence-corrected chi connectivity index (χ2v) is 14.5. The zero-order valence-electron chi connectivity index (χ0n) is 31.3. The van der Waals surface area contributed by atoms with Crippen molar-refractivity contribution in [2.24, 2.45) is 0 Å². The zero-order chi connectivity index (χ0) is 33.4. The fourth-order valence-corrected chi connectivity index (χ4v) is 7.24. The second kappa shape index (κ2) is 30.0. The minimum atomic E-state index is 1.16. The van der Waals surface area contributed by atoms with Crippen molar-refractivity contribution < 1.29 is 4.48 Å². The maximum atomic E-state index is 2.37. The van der Waals surface area contributed by atoms with E-state index in [2.05, 4.69) is 98.8 Å². The lowest BCUT2D eigenvalue weighted by Gasteiger charge is -2.39. The van der Waals surface area contributed by atoms with Crippen molar-refractivity contribution in [3.05, 3.63) is 96.1 Å². The molecule has 0 aromatic heterocycles. The van der Waals surface area contributed by atoms with Gasteiger partial charge >= 0.3 is 0 Å². The van der Waals surface area contributed by atoms with Crippen LogP contribution >= 0.6 is 0 Å². The van der Waals surface area contributed by atoms with E-state index in [0.717, 1.165) is 13.1 Å². The molecule has 2 aromatic carbocycles. The van der Waals surface area contributed by atoms with E-state index in [1.165, 1.54) is 183 Å². The third-order valence-corrected chi connectivity index (χ3v) is 10.0. The highest BCUT2D eigenvalue weighted by Crippen LogP contribution is 2.24. The van der Waals surface area contributed by atoms with Crippen LogP contribution in [0.3, 0.4) is 0 Å². The van der Waals surface area contributed by atoms with Gasteiger partial charge in [0.15, 0.2) is 0 Å². The van der Waals surface area contributed by atoms with Crippen LogP contribution in [0.4, 0.5) is 0 Å². The molecule has 0 N–H and O–H groups in total. The maximum Gasteiger partial charge on any atom is 0.105 e. The molecule has 0 radical (unpaired) electrons. The first-order valence-corrected chi connectivity index (χ1v) is 20.5. The van der Waals surface area contributed by atoms with E-state index in [-0.39, 0.29) is 0 Å². The number of unbranched alkanes of at least 4 members (excludes halogenated alkanes) is 20. The number of rotatable bonds is 32. The van der Waals surface area contributed by atoms with Crippen LogP contribution in [0, 0.1) is 0 Å². The molecule has 2 rings (SSSR count). The Balaban J connectivity index is 1.75. The number of nitrogens with zero attached hydrogens (tertiary/aromatic N) is 1. The lowest BCUT2D eigenvalue weighted by Crippen LogP contribution is -2.48. The molecule has 0 amide bonds. The Morgan fingerprint density at radius 2 is 0.660 bits per heavy atom. The van der Waals surface area contributed by atoms with Gasteiger partial charge in [-0.1, -0.05) is 189 Å². The Bertz CT molecular complexity index is 893. The number of quaternary nitrogens is 1. The van der Waals surface area contributed by atoms with Gasteiger partial charge in [-0.3, -0.25) is 0 Å². The maximum absolute atomic E-state index is 2.37. The van der Waals surface area contributed by atoms with Crippen LogP contribution in [0.25, 0.3) is 0 Å². The lowest BCUT2D eigenvalue weighted by molar-refractivity contribution is -0.954. The first-order valence-electron chi connectivity index (χ1n) is 20.5. The van der Waals surface area contributed by atoms with Gasteiger partial charge in [-0.15, -0.1) is 0 Å². The molecular weight excluding hydrogens is 567 g/mol. The van der Waals surface area contributed by atoms with Crippen LogP contribution in [0.5, 0.6) is 0 Å². The molecule has 0 saturated heterocycles. The summed E-state index contributed by atoms with van der Waals surface area (Å²) in [6.07, 6.45) is 42.5. The van der Waals surface area contributed by atoms with Gasteiger partial charge in [-0.05, 0) is 64.2 Å². The summed E-state index contributed by atoms with van der Waals surface area (Å²) in [5.74, 6) is 0. The largest absolute Gasteiger partial charge is 0.316 e. The van der Waals surface area contributed by atoms with E-state index in [9.17, 15) is 0 Å². The number of benzene rings is 2. The Morgan fingerprint density at radius 1 is 0.362 bits per heavy atom. The summed E-state index contributed by atoms with van der Waals surface area (Å²) in [7, 11) is 0. The summed E-state index contributed by atoms with van der Waals surface area (Å²) in [4.78, 5) is 0. The Kier molecular flexibility index (Phi) is 26.2. The summed E-state index contributed by atoms with van der Waals surface area (Å²) < 4.78 is 1.22. The number of hydrogen-bond donors (Lipinski definition) is 0. The molecule has 0 atom stereocenters. The molecule has 0 aliphatic carbocycles. The van der Waals surface area contributed by atoms with Crippen molar-refractivity contribution in [3.63, 3.8) is 0 Å². The van der Waals surface area contributed by atoms with E-state index in [1.54, 1.807) is 0 Å². The lowest BCUT2D eigenvalue weighted by atomic mass is 10.0. The Labute approximate surface area is 293 Å². The fraction of sp³-hybridized carbons (Fsp3) is 0.652. The molecule has 47 heavy (non-hydrogen) atoms. The van der Waals surface area contributed by atoms with Crippen molar-refractivity contribution in [2.75, 3.05) is 13.1 Å².